The molecule has 0 saturated heterocycles. The Morgan fingerprint density at radius 3 is 2.25 bits per heavy atom. The van der Waals surface area contributed by atoms with Gasteiger partial charge in [-0.2, -0.15) is 0 Å². The fourth-order valence-electron chi connectivity index (χ4n) is 3.49. The van der Waals surface area contributed by atoms with E-state index >= 15 is 0 Å². The molecule has 2 rings (SSSR count). The fraction of sp³-hybridized carbons (Fsp3) is 0.933. The van der Waals surface area contributed by atoms with E-state index in [-0.39, 0.29) is 24.4 Å². The minimum atomic E-state index is -1.04. The van der Waals surface area contributed by atoms with Gasteiger partial charge in [-0.15, -0.1) is 12.4 Å². The topological polar surface area (TPSA) is 75.3 Å². The Hall–Kier alpha value is -0.320. The van der Waals surface area contributed by atoms with Crippen LogP contribution >= 0.6 is 12.4 Å². The van der Waals surface area contributed by atoms with Gasteiger partial charge in [0.05, 0.1) is 0 Å². The number of nitrogens with one attached hydrogen (secondary N) is 1. The maximum atomic E-state index is 11.9. The summed E-state index contributed by atoms with van der Waals surface area (Å²) >= 11 is 0. The first-order valence-corrected chi connectivity index (χ1v) is 7.91. The van der Waals surface area contributed by atoms with E-state index in [1.807, 2.05) is 0 Å². The summed E-state index contributed by atoms with van der Waals surface area (Å²) in [5, 5.41) is 13.0. The van der Waals surface area contributed by atoms with Gasteiger partial charge >= 0.3 is 0 Å². The predicted octanol–water partition coefficient (Wildman–Crippen LogP) is 2.13. The highest BCUT2D eigenvalue weighted by Gasteiger charge is 2.28. The van der Waals surface area contributed by atoms with Crippen molar-refractivity contribution >= 4 is 18.3 Å². The molecule has 0 aliphatic heterocycles. The summed E-state index contributed by atoms with van der Waals surface area (Å²) in [7, 11) is 0. The molecule has 118 valence electrons. The van der Waals surface area contributed by atoms with Crippen LogP contribution in [0.5, 0.6) is 0 Å². The van der Waals surface area contributed by atoms with Crippen LogP contribution in [0, 0.1) is 5.92 Å². The van der Waals surface area contributed by atoms with E-state index in [0.29, 0.717) is 5.92 Å². The molecule has 2 fully saturated rings. The van der Waals surface area contributed by atoms with Crippen LogP contribution in [0.1, 0.15) is 64.2 Å². The van der Waals surface area contributed by atoms with Gasteiger partial charge in [0.2, 0.25) is 0 Å². The second-order valence-electron chi connectivity index (χ2n) is 6.34. The molecule has 2 saturated carbocycles. The van der Waals surface area contributed by atoms with Gasteiger partial charge in [-0.1, -0.05) is 44.9 Å². The molecule has 0 spiro atoms. The molecule has 0 aromatic carbocycles. The second-order valence-corrected chi connectivity index (χ2v) is 6.34. The van der Waals surface area contributed by atoms with E-state index in [4.69, 9.17) is 5.73 Å². The number of aliphatic hydroxyl groups excluding tert-OH is 1. The van der Waals surface area contributed by atoms with Crippen molar-refractivity contribution < 1.29 is 9.90 Å². The monoisotopic (exact) mass is 304 g/mol. The molecule has 1 amide bonds. The van der Waals surface area contributed by atoms with Gasteiger partial charge in [-0.3, -0.25) is 4.79 Å². The lowest BCUT2D eigenvalue weighted by molar-refractivity contribution is -0.131. The van der Waals surface area contributed by atoms with Crippen molar-refractivity contribution in [2.45, 2.75) is 82.4 Å². The minimum Gasteiger partial charge on any atom is -0.382 e. The van der Waals surface area contributed by atoms with Gasteiger partial charge in [0.25, 0.3) is 5.91 Å². The number of rotatable bonds is 5. The summed E-state index contributed by atoms with van der Waals surface area (Å²) < 4.78 is 0. The van der Waals surface area contributed by atoms with Crippen LogP contribution < -0.4 is 11.1 Å². The second kappa shape index (κ2) is 8.85. The zero-order valence-electron chi connectivity index (χ0n) is 12.2. The number of aliphatic hydroxyl groups is 1. The summed E-state index contributed by atoms with van der Waals surface area (Å²) in [6.07, 6.45) is 10.4. The summed E-state index contributed by atoms with van der Waals surface area (Å²) in [6, 6.07) is -0.159. The van der Waals surface area contributed by atoms with E-state index in [9.17, 15) is 9.90 Å². The third-order valence-electron chi connectivity index (χ3n) is 4.71. The van der Waals surface area contributed by atoms with Crippen molar-refractivity contribution in [1.82, 2.24) is 5.32 Å². The maximum Gasteiger partial charge on any atom is 0.250 e. The lowest BCUT2D eigenvalue weighted by Gasteiger charge is -2.27. The Morgan fingerprint density at radius 2 is 1.65 bits per heavy atom. The molecule has 0 bridgehead atoms. The molecule has 20 heavy (non-hydrogen) atoms. The number of halogens is 1. The van der Waals surface area contributed by atoms with Gasteiger partial charge < -0.3 is 16.2 Å². The number of hydrogen-bond donors (Lipinski definition) is 3. The quantitative estimate of drug-likeness (QED) is 0.728. The van der Waals surface area contributed by atoms with Crippen molar-refractivity contribution in [3.63, 3.8) is 0 Å². The van der Waals surface area contributed by atoms with E-state index in [2.05, 4.69) is 5.32 Å². The molecule has 4 nitrogen and oxygen atoms in total. The third-order valence-corrected chi connectivity index (χ3v) is 4.71. The Labute approximate surface area is 128 Å². The molecule has 0 aromatic rings. The molecule has 0 radical (unpaired) electrons. The molecule has 0 heterocycles. The Kier molecular flexibility index (Phi) is 7.85. The van der Waals surface area contributed by atoms with Crippen molar-refractivity contribution in [2.75, 3.05) is 0 Å². The SMILES string of the molecule is Cl.N[C@H](CC1CCCCC1)C(O)C(=O)NC1CCCC1. The largest absolute Gasteiger partial charge is 0.382 e. The van der Waals surface area contributed by atoms with Gasteiger partial charge in [0, 0.05) is 12.1 Å². The summed E-state index contributed by atoms with van der Waals surface area (Å²) in [4.78, 5) is 11.9. The van der Waals surface area contributed by atoms with Gasteiger partial charge in [-0.25, -0.2) is 0 Å². The zero-order chi connectivity index (χ0) is 13.7. The summed E-state index contributed by atoms with van der Waals surface area (Å²) in [5.41, 5.74) is 6.01. The van der Waals surface area contributed by atoms with Crippen LogP contribution in [-0.2, 0) is 4.79 Å². The standard InChI is InChI=1S/C15H28N2O2.ClH/c16-13(10-11-6-2-1-3-7-11)14(18)15(19)17-12-8-4-5-9-12;/h11-14,18H,1-10,16H2,(H,17,19);1H/t13-,14?;/m1./s1. The Balaban J connectivity index is 0.00000200. The van der Waals surface area contributed by atoms with Crippen molar-refractivity contribution in [2.24, 2.45) is 11.7 Å². The summed E-state index contributed by atoms with van der Waals surface area (Å²) in [5.74, 6) is 0.327. The van der Waals surface area contributed by atoms with Gasteiger partial charge in [0.1, 0.15) is 6.10 Å². The lowest BCUT2D eigenvalue weighted by atomic mass is 9.84. The highest BCUT2D eigenvalue weighted by atomic mass is 35.5. The van der Waals surface area contributed by atoms with Crippen molar-refractivity contribution in [1.29, 1.82) is 0 Å². The Bertz CT molecular complexity index is 290. The Morgan fingerprint density at radius 1 is 1.10 bits per heavy atom. The predicted molar refractivity (Wildman–Crippen MR) is 82.8 cm³/mol. The van der Waals surface area contributed by atoms with Crippen molar-refractivity contribution in [3.05, 3.63) is 0 Å². The minimum absolute atomic E-state index is 0. The number of hydrogen-bond acceptors (Lipinski definition) is 3. The van der Waals surface area contributed by atoms with Crippen LogP contribution in [0.2, 0.25) is 0 Å². The van der Waals surface area contributed by atoms with Crippen LogP contribution in [0.4, 0.5) is 0 Å². The average molecular weight is 305 g/mol. The van der Waals surface area contributed by atoms with Gasteiger partial charge in [0.15, 0.2) is 0 Å². The van der Waals surface area contributed by atoms with E-state index in [1.54, 1.807) is 0 Å². The highest BCUT2D eigenvalue weighted by Crippen LogP contribution is 2.27. The first-order chi connectivity index (χ1) is 9.16. The number of carbonyl (C=O) groups is 1. The average Bonchev–Trinajstić information content (AvgIpc) is 2.91. The number of nitrogens with two attached hydrogens (primary N) is 1. The molecule has 2 atom stereocenters. The molecule has 4 N–H and O–H groups in total. The molecular weight excluding hydrogens is 276 g/mol. The van der Waals surface area contributed by atoms with Crippen LogP contribution in [-0.4, -0.2) is 29.2 Å². The van der Waals surface area contributed by atoms with Crippen LogP contribution in [0.25, 0.3) is 0 Å². The van der Waals surface area contributed by atoms with E-state index in [0.717, 1.165) is 19.3 Å². The molecule has 1 unspecified atom stereocenters. The first-order valence-electron chi connectivity index (χ1n) is 7.91. The molecule has 2 aliphatic carbocycles. The molecular formula is C15H29ClN2O2. The van der Waals surface area contributed by atoms with Crippen molar-refractivity contribution in [3.8, 4) is 0 Å². The fourth-order valence-corrected chi connectivity index (χ4v) is 3.49. The normalized spacial score (nSPS) is 23.9. The molecule has 5 heteroatoms. The van der Waals surface area contributed by atoms with Crippen LogP contribution in [0.15, 0.2) is 0 Å². The van der Waals surface area contributed by atoms with Gasteiger partial charge in [-0.05, 0) is 25.2 Å². The zero-order valence-corrected chi connectivity index (χ0v) is 13.0. The first kappa shape index (κ1) is 17.7. The summed E-state index contributed by atoms with van der Waals surface area (Å²) in [6.45, 7) is 0. The molecule has 0 aromatic heterocycles. The number of carbonyl (C=O) groups excluding carboxylic acids is 1. The van der Waals surface area contributed by atoms with Crippen LogP contribution in [0.3, 0.4) is 0 Å². The number of amides is 1. The molecule has 2 aliphatic rings. The lowest BCUT2D eigenvalue weighted by Crippen LogP contribution is -2.49. The van der Waals surface area contributed by atoms with E-state index < -0.39 is 12.1 Å². The highest BCUT2D eigenvalue weighted by molar-refractivity contribution is 5.85. The third kappa shape index (κ3) is 5.23. The maximum absolute atomic E-state index is 11.9. The van der Waals surface area contributed by atoms with E-state index in [1.165, 1.54) is 44.9 Å². The smallest absolute Gasteiger partial charge is 0.250 e.